The molecule has 1 saturated carbocycles. The number of hydrogen-bond acceptors (Lipinski definition) is 6. The molecule has 6 heteroatoms. The van der Waals surface area contributed by atoms with Crippen LogP contribution in [0.5, 0.6) is 0 Å². The quantitative estimate of drug-likeness (QED) is 0.570. The molecule has 1 heterocycles. The number of ether oxygens (including phenoxy) is 2. The van der Waals surface area contributed by atoms with Crippen LogP contribution in [0.4, 0.5) is 0 Å². The number of fused-ring (bicyclic) bond motifs is 1. The second-order valence-electron chi connectivity index (χ2n) is 6.24. The van der Waals surface area contributed by atoms with Crippen molar-refractivity contribution in [1.29, 1.82) is 0 Å². The Morgan fingerprint density at radius 2 is 2.29 bits per heavy atom. The first-order valence-corrected chi connectivity index (χ1v) is 7.83. The van der Waals surface area contributed by atoms with Crippen LogP contribution < -0.4 is 5.48 Å². The molecular weight excluding hydrogens is 274 g/mol. The molecule has 2 N–H and O–H groups in total. The van der Waals surface area contributed by atoms with E-state index < -0.39 is 17.6 Å². The third-order valence-electron chi connectivity index (χ3n) is 4.96. The summed E-state index contributed by atoms with van der Waals surface area (Å²) in [5.41, 5.74) is 2.63. The van der Waals surface area contributed by atoms with Gasteiger partial charge in [0.05, 0.1) is 7.11 Å². The van der Waals surface area contributed by atoms with Crippen molar-refractivity contribution in [2.24, 2.45) is 11.8 Å². The summed E-state index contributed by atoms with van der Waals surface area (Å²) in [4.78, 5) is 17.2. The summed E-state index contributed by atoms with van der Waals surface area (Å²) in [7, 11) is 1.29. The van der Waals surface area contributed by atoms with E-state index in [2.05, 4.69) is 17.1 Å². The van der Waals surface area contributed by atoms with Gasteiger partial charge >= 0.3 is 5.97 Å². The molecule has 1 aliphatic heterocycles. The van der Waals surface area contributed by atoms with Gasteiger partial charge in [0.1, 0.15) is 0 Å². The maximum atomic E-state index is 11.6. The number of unbranched alkanes of at least 4 members (excludes halogenated alkanes) is 1. The van der Waals surface area contributed by atoms with E-state index in [1.54, 1.807) is 0 Å². The molecule has 2 rings (SSSR count). The second-order valence-corrected chi connectivity index (χ2v) is 6.24. The molecule has 1 unspecified atom stereocenters. The Balaban J connectivity index is 1.94. The van der Waals surface area contributed by atoms with Gasteiger partial charge < -0.3 is 14.6 Å². The van der Waals surface area contributed by atoms with E-state index in [0.717, 1.165) is 32.1 Å². The number of hydrogen-bond donors (Lipinski definition) is 2. The maximum absolute atomic E-state index is 11.6. The molecule has 6 nitrogen and oxygen atoms in total. The fourth-order valence-electron chi connectivity index (χ4n) is 3.51. The third-order valence-corrected chi connectivity index (χ3v) is 4.96. The first kappa shape index (κ1) is 16.7. The Bertz CT molecular complexity index is 364. The van der Waals surface area contributed by atoms with Crippen LogP contribution >= 0.6 is 0 Å². The molecule has 0 amide bonds. The number of nitrogens with one attached hydrogen (secondary N) is 1. The van der Waals surface area contributed by atoms with Crippen molar-refractivity contribution in [3.05, 3.63) is 0 Å². The van der Waals surface area contributed by atoms with E-state index in [4.69, 9.17) is 9.57 Å². The van der Waals surface area contributed by atoms with Gasteiger partial charge in [-0.3, -0.25) is 4.84 Å². The summed E-state index contributed by atoms with van der Waals surface area (Å²) in [6.45, 7) is 4.82. The van der Waals surface area contributed by atoms with Crippen LogP contribution in [0.25, 0.3) is 0 Å². The van der Waals surface area contributed by atoms with E-state index in [1.165, 1.54) is 7.11 Å². The summed E-state index contributed by atoms with van der Waals surface area (Å²) >= 11 is 0. The summed E-state index contributed by atoms with van der Waals surface area (Å²) in [5, 5.41) is 10.2. The summed E-state index contributed by atoms with van der Waals surface area (Å²) in [5.74, 6) is -0.460. The molecule has 5 atom stereocenters. The van der Waals surface area contributed by atoms with Gasteiger partial charge in [0.2, 0.25) is 0 Å². The van der Waals surface area contributed by atoms with Crippen LogP contribution in [0.2, 0.25) is 0 Å². The highest BCUT2D eigenvalue weighted by Crippen LogP contribution is 2.47. The van der Waals surface area contributed by atoms with Crippen LogP contribution in [0, 0.1) is 11.8 Å². The molecule has 1 saturated heterocycles. The van der Waals surface area contributed by atoms with Gasteiger partial charge in [0.15, 0.2) is 12.4 Å². The average molecular weight is 301 g/mol. The summed E-state index contributed by atoms with van der Waals surface area (Å²) < 4.78 is 10.4. The van der Waals surface area contributed by atoms with Crippen LogP contribution in [-0.2, 0) is 19.1 Å². The van der Waals surface area contributed by atoms with E-state index >= 15 is 0 Å². The number of rotatable bonds is 6. The lowest BCUT2D eigenvalue weighted by Crippen LogP contribution is -2.59. The molecular formula is C15H27NO5. The van der Waals surface area contributed by atoms with Crippen LogP contribution in [0.15, 0.2) is 0 Å². The Labute approximate surface area is 126 Å². The highest BCUT2D eigenvalue weighted by molar-refractivity contribution is 5.74. The third kappa shape index (κ3) is 3.39. The topological polar surface area (TPSA) is 77.0 Å². The molecule has 0 radical (unpaired) electrons. The minimum Gasteiger partial charge on any atom is -0.467 e. The molecule has 0 aromatic rings. The number of carbonyl (C=O) groups is 1. The molecule has 2 fully saturated rings. The van der Waals surface area contributed by atoms with Gasteiger partial charge in [0, 0.05) is 24.5 Å². The lowest BCUT2D eigenvalue weighted by atomic mass is 9.78. The second kappa shape index (κ2) is 7.05. The van der Waals surface area contributed by atoms with Gasteiger partial charge in [-0.2, -0.15) is 5.48 Å². The largest absolute Gasteiger partial charge is 0.467 e. The van der Waals surface area contributed by atoms with Gasteiger partial charge in [0.25, 0.3) is 0 Å². The van der Waals surface area contributed by atoms with Gasteiger partial charge in [-0.25, -0.2) is 4.79 Å². The minimum absolute atomic E-state index is 0.202. The zero-order valence-electron chi connectivity index (χ0n) is 13.1. The molecule has 0 bridgehead atoms. The molecule has 0 aromatic carbocycles. The summed E-state index contributed by atoms with van der Waals surface area (Å²) in [6.07, 6.45) is 3.26. The number of carbonyl (C=O) groups excluding carboxylic acids is 1. The number of methoxy groups -OCH3 is 1. The Morgan fingerprint density at radius 3 is 2.95 bits per heavy atom. The SMILES string of the molecule is CCCCO[C@@H]1CC2CC[C@H]([C@H](O)C(=O)OC)[C@]2(C)NO1. The molecule has 0 aromatic heterocycles. The van der Waals surface area contributed by atoms with E-state index in [-0.39, 0.29) is 12.2 Å². The molecule has 2 aliphatic rings. The van der Waals surface area contributed by atoms with Crippen LogP contribution in [0.3, 0.4) is 0 Å². The lowest BCUT2D eigenvalue weighted by Gasteiger charge is -2.44. The van der Waals surface area contributed by atoms with E-state index in [1.807, 2.05) is 6.92 Å². The fraction of sp³-hybridized carbons (Fsp3) is 0.933. The Kier molecular flexibility index (Phi) is 5.60. The van der Waals surface area contributed by atoms with Gasteiger partial charge in [-0.1, -0.05) is 13.3 Å². The average Bonchev–Trinajstić information content (AvgIpc) is 2.82. The molecule has 21 heavy (non-hydrogen) atoms. The lowest BCUT2D eigenvalue weighted by molar-refractivity contribution is -0.247. The predicted molar refractivity (Wildman–Crippen MR) is 76.1 cm³/mol. The first-order valence-electron chi connectivity index (χ1n) is 7.83. The Hall–Kier alpha value is -0.690. The highest BCUT2D eigenvalue weighted by atomic mass is 16.8. The van der Waals surface area contributed by atoms with Crippen molar-refractivity contribution in [2.75, 3.05) is 13.7 Å². The number of hydroxylamine groups is 1. The normalized spacial score (nSPS) is 37.0. The number of esters is 1. The van der Waals surface area contributed by atoms with Crippen molar-refractivity contribution in [1.82, 2.24) is 5.48 Å². The monoisotopic (exact) mass is 301 g/mol. The van der Waals surface area contributed by atoms with Gasteiger partial charge in [-0.15, -0.1) is 0 Å². The van der Waals surface area contributed by atoms with Crippen molar-refractivity contribution in [2.45, 2.75) is 63.9 Å². The smallest absolute Gasteiger partial charge is 0.335 e. The van der Waals surface area contributed by atoms with E-state index in [9.17, 15) is 9.90 Å². The van der Waals surface area contributed by atoms with Gasteiger partial charge in [-0.05, 0) is 32.1 Å². The zero-order chi connectivity index (χ0) is 15.5. The number of aliphatic hydroxyl groups is 1. The van der Waals surface area contributed by atoms with Crippen molar-refractivity contribution in [3.8, 4) is 0 Å². The van der Waals surface area contributed by atoms with Crippen molar-refractivity contribution >= 4 is 5.97 Å². The van der Waals surface area contributed by atoms with Crippen LogP contribution in [0.1, 0.15) is 46.0 Å². The first-order chi connectivity index (χ1) is 10.0. The van der Waals surface area contributed by atoms with E-state index in [0.29, 0.717) is 12.5 Å². The molecule has 1 aliphatic carbocycles. The predicted octanol–water partition coefficient (Wildman–Crippen LogP) is 1.37. The summed E-state index contributed by atoms with van der Waals surface area (Å²) in [6, 6.07) is 0. The molecule has 0 spiro atoms. The molecule has 122 valence electrons. The van der Waals surface area contributed by atoms with Crippen molar-refractivity contribution in [3.63, 3.8) is 0 Å². The fourth-order valence-corrected chi connectivity index (χ4v) is 3.51. The number of aliphatic hydroxyl groups excluding tert-OH is 1. The van der Waals surface area contributed by atoms with Crippen molar-refractivity contribution < 1.29 is 24.2 Å². The standard InChI is InChI=1S/C15H27NO5/c1-4-5-8-20-12-9-10-6-7-11(13(17)14(18)19-3)15(10,2)16-21-12/h10-13,16-17H,4-9H2,1-3H3/t10?,11-,12+,13+,15-/m1/s1. The minimum atomic E-state index is -1.11. The highest BCUT2D eigenvalue weighted by Gasteiger charge is 2.54. The maximum Gasteiger partial charge on any atom is 0.335 e. The van der Waals surface area contributed by atoms with Crippen LogP contribution in [-0.4, -0.2) is 42.7 Å². The Morgan fingerprint density at radius 1 is 1.52 bits per heavy atom. The zero-order valence-corrected chi connectivity index (χ0v) is 13.1.